The molecule has 4 nitrogen and oxygen atoms in total. The van der Waals surface area contributed by atoms with Crippen LogP contribution in [0.15, 0.2) is 36.8 Å². The average Bonchev–Trinajstić information content (AvgIpc) is 2.79. The number of amides is 1. The Bertz CT molecular complexity index is 803. The molecule has 0 bridgehead atoms. The van der Waals surface area contributed by atoms with Crippen LogP contribution < -0.4 is 4.90 Å². The number of nitrogens with zero attached hydrogens (tertiary/aromatic N) is 3. The topological polar surface area (TPSA) is 46.1 Å². The van der Waals surface area contributed by atoms with E-state index in [0.29, 0.717) is 23.8 Å². The lowest BCUT2D eigenvalue weighted by Crippen LogP contribution is -2.26. The van der Waals surface area contributed by atoms with Crippen LogP contribution >= 0.6 is 11.6 Å². The van der Waals surface area contributed by atoms with Crippen LogP contribution in [0.25, 0.3) is 0 Å². The molecule has 0 N–H and O–H groups in total. The molecule has 0 atom stereocenters. The van der Waals surface area contributed by atoms with Gasteiger partial charge in [0.2, 0.25) is 5.91 Å². The lowest BCUT2D eigenvalue weighted by molar-refractivity contribution is -0.117. The highest BCUT2D eigenvalue weighted by Gasteiger charge is 2.36. The minimum Gasteiger partial charge on any atom is -0.296 e. The van der Waals surface area contributed by atoms with E-state index in [0.717, 1.165) is 11.1 Å². The summed E-state index contributed by atoms with van der Waals surface area (Å²) in [6.45, 7) is 4.87. The van der Waals surface area contributed by atoms with Crippen molar-refractivity contribution in [2.24, 2.45) is 5.41 Å². The highest BCUT2D eigenvalue weighted by molar-refractivity contribution is 6.30. The van der Waals surface area contributed by atoms with Gasteiger partial charge in [-0.1, -0.05) is 37.3 Å². The molecule has 0 saturated carbocycles. The maximum atomic E-state index is 12.1. The largest absolute Gasteiger partial charge is 0.296 e. The molecular weight excluding hydrogens is 310 g/mol. The molecule has 3 heterocycles. The van der Waals surface area contributed by atoms with Gasteiger partial charge in [0.15, 0.2) is 0 Å². The molecule has 1 aliphatic rings. The summed E-state index contributed by atoms with van der Waals surface area (Å²) in [7, 11) is 0. The van der Waals surface area contributed by atoms with Gasteiger partial charge in [-0.3, -0.25) is 14.7 Å². The van der Waals surface area contributed by atoms with Gasteiger partial charge in [0.1, 0.15) is 5.82 Å². The fourth-order valence-corrected chi connectivity index (χ4v) is 2.70. The molecular formula is C18H16ClN3O. The van der Waals surface area contributed by atoms with Gasteiger partial charge in [-0.15, -0.1) is 0 Å². The fourth-order valence-electron chi connectivity index (χ4n) is 2.53. The molecule has 3 rings (SSSR count). The number of pyridine rings is 2. The summed E-state index contributed by atoms with van der Waals surface area (Å²) in [5, 5.41) is 0.556. The number of hydrogen-bond donors (Lipinski definition) is 0. The Balaban J connectivity index is 1.77. The van der Waals surface area contributed by atoms with Crippen LogP contribution in [0.4, 0.5) is 5.82 Å². The van der Waals surface area contributed by atoms with Crippen molar-refractivity contribution in [1.82, 2.24) is 9.97 Å². The molecule has 116 valence electrons. The molecule has 23 heavy (non-hydrogen) atoms. The third-order valence-electron chi connectivity index (χ3n) is 3.60. The quantitative estimate of drug-likeness (QED) is 0.756. The van der Waals surface area contributed by atoms with Crippen molar-refractivity contribution in [3.8, 4) is 11.8 Å². The first-order valence-corrected chi connectivity index (χ1v) is 7.70. The van der Waals surface area contributed by atoms with Crippen LogP contribution in [-0.2, 0) is 4.79 Å². The molecule has 1 fully saturated rings. The van der Waals surface area contributed by atoms with Crippen LogP contribution in [-0.4, -0.2) is 22.4 Å². The highest BCUT2D eigenvalue weighted by atomic mass is 35.5. The number of carbonyl (C=O) groups excluding carboxylic acids is 1. The molecule has 2 aromatic heterocycles. The smallest absolute Gasteiger partial charge is 0.228 e. The summed E-state index contributed by atoms with van der Waals surface area (Å²) in [5.74, 6) is 6.81. The molecule has 5 heteroatoms. The minimum absolute atomic E-state index is 0.00316. The molecule has 0 radical (unpaired) electrons. The first-order chi connectivity index (χ1) is 10.9. The third-order valence-corrected chi connectivity index (χ3v) is 3.80. The van der Waals surface area contributed by atoms with E-state index in [1.165, 1.54) is 0 Å². The molecule has 0 spiro atoms. The first-order valence-electron chi connectivity index (χ1n) is 7.32. The second-order valence-electron chi connectivity index (χ2n) is 6.37. The van der Waals surface area contributed by atoms with E-state index in [-0.39, 0.29) is 11.3 Å². The van der Waals surface area contributed by atoms with Crippen LogP contribution in [0.2, 0.25) is 5.02 Å². The number of aromatic nitrogens is 2. The maximum Gasteiger partial charge on any atom is 0.228 e. The lowest BCUT2D eigenvalue weighted by Gasteiger charge is -2.18. The van der Waals surface area contributed by atoms with Gasteiger partial charge in [0.25, 0.3) is 0 Å². The van der Waals surface area contributed by atoms with Crippen LogP contribution in [0, 0.1) is 17.3 Å². The predicted octanol–water partition coefficient (Wildman–Crippen LogP) is 3.29. The van der Waals surface area contributed by atoms with Crippen molar-refractivity contribution in [3.05, 3.63) is 52.9 Å². The fraction of sp³-hybridized carbons (Fsp3) is 0.278. The predicted molar refractivity (Wildman–Crippen MR) is 90.2 cm³/mol. The van der Waals surface area contributed by atoms with Crippen molar-refractivity contribution in [2.45, 2.75) is 20.3 Å². The van der Waals surface area contributed by atoms with Gasteiger partial charge >= 0.3 is 0 Å². The van der Waals surface area contributed by atoms with Gasteiger partial charge in [-0.05, 0) is 23.6 Å². The molecule has 1 amide bonds. The molecule has 0 aromatic carbocycles. The van der Waals surface area contributed by atoms with Gasteiger partial charge < -0.3 is 0 Å². The Labute approximate surface area is 140 Å². The van der Waals surface area contributed by atoms with Crippen LogP contribution in [0.3, 0.4) is 0 Å². The van der Waals surface area contributed by atoms with Gasteiger partial charge in [0, 0.05) is 42.7 Å². The van der Waals surface area contributed by atoms with Crippen molar-refractivity contribution in [1.29, 1.82) is 0 Å². The normalized spacial score (nSPS) is 16.1. The number of rotatable bonds is 1. The molecule has 0 unspecified atom stereocenters. The van der Waals surface area contributed by atoms with Crippen LogP contribution in [0.1, 0.15) is 31.4 Å². The van der Waals surface area contributed by atoms with E-state index in [1.54, 1.807) is 29.6 Å². The van der Waals surface area contributed by atoms with Gasteiger partial charge in [-0.2, -0.15) is 0 Å². The zero-order valence-electron chi connectivity index (χ0n) is 13.0. The Morgan fingerprint density at radius 3 is 2.57 bits per heavy atom. The Hall–Kier alpha value is -2.38. The first kappa shape index (κ1) is 15.5. The summed E-state index contributed by atoms with van der Waals surface area (Å²) in [4.78, 5) is 22.1. The average molecular weight is 326 g/mol. The lowest BCUT2D eigenvalue weighted by atomic mass is 9.93. The highest BCUT2D eigenvalue weighted by Crippen LogP contribution is 2.32. The molecule has 1 saturated heterocycles. The van der Waals surface area contributed by atoms with Gasteiger partial charge in [0.05, 0.1) is 5.02 Å². The number of carbonyl (C=O) groups is 1. The van der Waals surface area contributed by atoms with E-state index in [2.05, 4.69) is 35.7 Å². The summed E-state index contributed by atoms with van der Waals surface area (Å²) in [6, 6.07) is 5.46. The molecule has 0 aliphatic carbocycles. The summed E-state index contributed by atoms with van der Waals surface area (Å²) in [6.07, 6.45) is 5.46. The molecule has 1 aliphatic heterocycles. The number of halogens is 1. The van der Waals surface area contributed by atoms with Crippen LogP contribution in [0.5, 0.6) is 0 Å². The van der Waals surface area contributed by atoms with Gasteiger partial charge in [-0.25, -0.2) is 4.98 Å². The van der Waals surface area contributed by atoms with Crippen molar-refractivity contribution >= 4 is 23.3 Å². The monoisotopic (exact) mass is 325 g/mol. The zero-order chi connectivity index (χ0) is 16.4. The number of anilines is 1. The molecule has 2 aromatic rings. The van der Waals surface area contributed by atoms with Crippen molar-refractivity contribution in [2.75, 3.05) is 11.4 Å². The Morgan fingerprint density at radius 2 is 1.96 bits per heavy atom. The van der Waals surface area contributed by atoms with E-state index >= 15 is 0 Å². The van der Waals surface area contributed by atoms with Crippen molar-refractivity contribution in [3.63, 3.8) is 0 Å². The second-order valence-corrected chi connectivity index (χ2v) is 6.80. The number of hydrogen-bond acceptors (Lipinski definition) is 3. The third kappa shape index (κ3) is 3.69. The van der Waals surface area contributed by atoms with Crippen molar-refractivity contribution < 1.29 is 4.79 Å². The maximum absolute atomic E-state index is 12.1. The summed E-state index contributed by atoms with van der Waals surface area (Å²) in [5.41, 5.74) is 1.52. The SMILES string of the molecule is CC1(C)CC(=O)N(c2ccc(C#Cc3cncc(Cl)c3)cn2)C1. The summed E-state index contributed by atoms with van der Waals surface area (Å²) < 4.78 is 0. The van der Waals surface area contributed by atoms with E-state index in [4.69, 9.17) is 11.6 Å². The van der Waals surface area contributed by atoms with E-state index in [9.17, 15) is 4.79 Å². The Kier molecular flexibility index (Phi) is 4.06. The summed E-state index contributed by atoms with van der Waals surface area (Å²) >= 11 is 5.88. The van der Waals surface area contributed by atoms with E-state index < -0.39 is 0 Å². The second kappa shape index (κ2) is 6.02. The standard InChI is InChI=1S/C18H16ClN3O/c1-18(2)8-17(23)22(12-18)16-6-5-13(10-21-16)3-4-14-7-15(19)11-20-9-14/h5-7,9-11H,8,12H2,1-2H3. The Morgan fingerprint density at radius 1 is 1.17 bits per heavy atom. The zero-order valence-corrected chi connectivity index (χ0v) is 13.8. The van der Waals surface area contributed by atoms with E-state index in [1.807, 2.05) is 12.1 Å². The minimum atomic E-state index is -0.00316.